The van der Waals surface area contributed by atoms with Crippen LogP contribution in [-0.2, 0) is 0 Å². The number of amides is 1. The summed E-state index contributed by atoms with van der Waals surface area (Å²) in [6.07, 6.45) is 7.44. The predicted molar refractivity (Wildman–Crippen MR) is 72.2 cm³/mol. The predicted octanol–water partition coefficient (Wildman–Crippen LogP) is 2.36. The van der Waals surface area contributed by atoms with Crippen molar-refractivity contribution in [2.45, 2.75) is 45.1 Å². The number of aromatic nitrogens is 1. The van der Waals surface area contributed by atoms with Crippen molar-refractivity contribution in [1.29, 1.82) is 0 Å². The van der Waals surface area contributed by atoms with Gasteiger partial charge in [-0.05, 0) is 43.7 Å². The average Bonchev–Trinajstić information content (AvgIpc) is 2.39. The number of nitrogen functional groups attached to an aromatic ring is 1. The molecule has 2 rings (SSSR count). The second kappa shape index (κ2) is 5.85. The fraction of sp³-hybridized carbons (Fsp3) is 0.571. The molecule has 0 aromatic carbocycles. The molecule has 1 aromatic rings. The van der Waals surface area contributed by atoms with E-state index in [-0.39, 0.29) is 5.91 Å². The third-order valence-corrected chi connectivity index (χ3v) is 3.80. The molecule has 0 saturated heterocycles. The minimum absolute atomic E-state index is 0.0379. The van der Waals surface area contributed by atoms with Crippen LogP contribution in [0.15, 0.2) is 18.3 Å². The van der Waals surface area contributed by atoms with Crippen LogP contribution < -0.4 is 11.1 Å². The van der Waals surface area contributed by atoms with Crippen LogP contribution in [0, 0.1) is 5.92 Å². The summed E-state index contributed by atoms with van der Waals surface area (Å²) in [4.78, 5) is 15.9. The molecule has 0 unspecified atom stereocenters. The Morgan fingerprint density at radius 2 is 2.17 bits per heavy atom. The highest BCUT2D eigenvalue weighted by Crippen LogP contribution is 2.26. The van der Waals surface area contributed by atoms with Gasteiger partial charge in [0.25, 0.3) is 5.91 Å². The fourth-order valence-corrected chi connectivity index (χ4v) is 2.57. The summed E-state index contributed by atoms with van der Waals surface area (Å²) in [5.74, 6) is 1.19. The lowest BCUT2D eigenvalue weighted by atomic mass is 9.84. The first-order valence-electron chi connectivity index (χ1n) is 6.71. The lowest BCUT2D eigenvalue weighted by Gasteiger charge is -2.28. The molecule has 3 N–H and O–H groups in total. The summed E-state index contributed by atoms with van der Waals surface area (Å²) < 4.78 is 0. The van der Waals surface area contributed by atoms with Crippen LogP contribution in [0.2, 0.25) is 0 Å². The van der Waals surface area contributed by atoms with Crippen LogP contribution in [-0.4, -0.2) is 16.9 Å². The number of carbonyl (C=O) groups is 1. The molecular formula is C14H21N3O. The Balaban J connectivity index is 1.89. The van der Waals surface area contributed by atoms with E-state index in [1.807, 2.05) is 0 Å². The molecule has 0 aliphatic heterocycles. The molecule has 1 amide bonds. The lowest BCUT2D eigenvalue weighted by molar-refractivity contribution is 0.0921. The molecule has 0 radical (unpaired) electrons. The molecule has 4 heteroatoms. The van der Waals surface area contributed by atoms with E-state index in [1.54, 1.807) is 18.3 Å². The van der Waals surface area contributed by atoms with E-state index < -0.39 is 0 Å². The molecular weight excluding hydrogens is 226 g/mol. The van der Waals surface area contributed by atoms with Gasteiger partial charge < -0.3 is 11.1 Å². The number of nitrogens with two attached hydrogens (primary N) is 1. The molecule has 1 saturated carbocycles. The SMILES string of the molecule is CCC1CCC(NC(=O)c2ccnc(N)c2)CC1. The van der Waals surface area contributed by atoms with Gasteiger partial charge in [0.15, 0.2) is 0 Å². The van der Waals surface area contributed by atoms with E-state index in [0.29, 0.717) is 17.4 Å². The van der Waals surface area contributed by atoms with Crippen LogP contribution in [0.1, 0.15) is 49.4 Å². The van der Waals surface area contributed by atoms with Gasteiger partial charge >= 0.3 is 0 Å². The summed E-state index contributed by atoms with van der Waals surface area (Å²) in [5, 5.41) is 3.08. The number of hydrogen-bond acceptors (Lipinski definition) is 3. The maximum Gasteiger partial charge on any atom is 0.251 e. The first-order chi connectivity index (χ1) is 8.69. The standard InChI is InChI=1S/C14H21N3O/c1-2-10-3-5-12(6-4-10)17-14(18)11-7-8-16-13(15)9-11/h7-10,12H,2-6H2,1H3,(H2,15,16)(H,17,18). The average molecular weight is 247 g/mol. The molecule has 0 atom stereocenters. The zero-order valence-corrected chi connectivity index (χ0v) is 10.9. The molecule has 1 aliphatic rings. The monoisotopic (exact) mass is 247 g/mol. The molecule has 4 nitrogen and oxygen atoms in total. The summed E-state index contributed by atoms with van der Waals surface area (Å²) in [5.41, 5.74) is 6.17. The minimum atomic E-state index is -0.0379. The number of pyridine rings is 1. The highest BCUT2D eigenvalue weighted by Gasteiger charge is 2.21. The molecule has 0 spiro atoms. The minimum Gasteiger partial charge on any atom is -0.384 e. The van der Waals surface area contributed by atoms with E-state index in [9.17, 15) is 4.79 Å². The van der Waals surface area contributed by atoms with Gasteiger partial charge in [-0.3, -0.25) is 4.79 Å². The number of anilines is 1. The summed E-state index contributed by atoms with van der Waals surface area (Å²) in [6.45, 7) is 2.24. The zero-order chi connectivity index (χ0) is 13.0. The topological polar surface area (TPSA) is 68.0 Å². The zero-order valence-electron chi connectivity index (χ0n) is 10.9. The number of nitrogens with one attached hydrogen (secondary N) is 1. The quantitative estimate of drug-likeness (QED) is 0.861. The summed E-state index contributed by atoms with van der Waals surface area (Å²) in [6, 6.07) is 3.63. The molecule has 1 fully saturated rings. The molecule has 1 heterocycles. The van der Waals surface area contributed by atoms with Crippen molar-refractivity contribution in [2.24, 2.45) is 5.92 Å². The van der Waals surface area contributed by atoms with Crippen molar-refractivity contribution in [1.82, 2.24) is 10.3 Å². The van der Waals surface area contributed by atoms with Crippen molar-refractivity contribution in [3.63, 3.8) is 0 Å². The van der Waals surface area contributed by atoms with Gasteiger partial charge in [0, 0.05) is 17.8 Å². The molecule has 18 heavy (non-hydrogen) atoms. The van der Waals surface area contributed by atoms with Crippen LogP contribution >= 0.6 is 0 Å². The van der Waals surface area contributed by atoms with Crippen molar-refractivity contribution in [3.8, 4) is 0 Å². The molecule has 0 bridgehead atoms. The Kier molecular flexibility index (Phi) is 4.18. The van der Waals surface area contributed by atoms with Crippen molar-refractivity contribution < 1.29 is 4.79 Å². The van der Waals surface area contributed by atoms with Crippen LogP contribution in [0.25, 0.3) is 0 Å². The van der Waals surface area contributed by atoms with Gasteiger partial charge in [-0.1, -0.05) is 13.3 Å². The van der Waals surface area contributed by atoms with Crippen molar-refractivity contribution >= 4 is 11.7 Å². The second-order valence-corrected chi connectivity index (χ2v) is 5.07. The third kappa shape index (κ3) is 3.22. The van der Waals surface area contributed by atoms with E-state index in [0.717, 1.165) is 18.8 Å². The fourth-order valence-electron chi connectivity index (χ4n) is 2.57. The van der Waals surface area contributed by atoms with Crippen molar-refractivity contribution in [3.05, 3.63) is 23.9 Å². The van der Waals surface area contributed by atoms with Gasteiger partial charge in [0.05, 0.1) is 0 Å². The Morgan fingerprint density at radius 1 is 1.44 bits per heavy atom. The molecule has 1 aliphatic carbocycles. The first-order valence-corrected chi connectivity index (χ1v) is 6.71. The number of hydrogen-bond donors (Lipinski definition) is 2. The van der Waals surface area contributed by atoms with Crippen LogP contribution in [0.3, 0.4) is 0 Å². The van der Waals surface area contributed by atoms with Crippen molar-refractivity contribution in [2.75, 3.05) is 5.73 Å². The van der Waals surface area contributed by atoms with Gasteiger partial charge in [0.2, 0.25) is 0 Å². The molecule has 98 valence electrons. The number of rotatable bonds is 3. The Bertz CT molecular complexity index is 411. The second-order valence-electron chi connectivity index (χ2n) is 5.07. The van der Waals surface area contributed by atoms with E-state index >= 15 is 0 Å². The highest BCUT2D eigenvalue weighted by atomic mass is 16.1. The van der Waals surface area contributed by atoms with Crippen LogP contribution in [0.5, 0.6) is 0 Å². The van der Waals surface area contributed by atoms with Gasteiger partial charge in [-0.15, -0.1) is 0 Å². The largest absolute Gasteiger partial charge is 0.384 e. The first kappa shape index (κ1) is 12.9. The normalized spacial score (nSPS) is 23.6. The Hall–Kier alpha value is -1.58. The highest BCUT2D eigenvalue weighted by molar-refractivity contribution is 5.94. The smallest absolute Gasteiger partial charge is 0.251 e. The lowest BCUT2D eigenvalue weighted by Crippen LogP contribution is -2.37. The number of nitrogens with zero attached hydrogens (tertiary/aromatic N) is 1. The maximum absolute atomic E-state index is 12.0. The summed E-state index contributed by atoms with van der Waals surface area (Å²) in [7, 11) is 0. The van der Waals surface area contributed by atoms with Gasteiger partial charge in [-0.25, -0.2) is 4.98 Å². The Morgan fingerprint density at radius 3 is 2.78 bits per heavy atom. The van der Waals surface area contributed by atoms with Crippen LogP contribution in [0.4, 0.5) is 5.82 Å². The van der Waals surface area contributed by atoms with E-state index in [1.165, 1.54) is 19.3 Å². The number of carbonyl (C=O) groups excluding carboxylic acids is 1. The molecule has 1 aromatic heterocycles. The van der Waals surface area contributed by atoms with Gasteiger partial charge in [0.1, 0.15) is 5.82 Å². The van der Waals surface area contributed by atoms with E-state index in [4.69, 9.17) is 5.73 Å². The van der Waals surface area contributed by atoms with E-state index in [2.05, 4.69) is 17.2 Å². The maximum atomic E-state index is 12.0. The summed E-state index contributed by atoms with van der Waals surface area (Å²) >= 11 is 0. The Labute approximate surface area is 108 Å². The third-order valence-electron chi connectivity index (χ3n) is 3.80. The van der Waals surface area contributed by atoms with Gasteiger partial charge in [-0.2, -0.15) is 0 Å².